The number of aliphatic imine (C=N–C) groups is 1. The number of nitrogens with zero attached hydrogens (tertiary/aromatic N) is 1. The molecule has 0 radical (unpaired) electrons. The SMILES string of the molecule is CCOc1ccc(C(=O)N=C2C=CC3C(=C2)NC(=O)C2=C3CCCC2)cc1OCC. The van der Waals surface area contributed by atoms with Crippen LogP contribution < -0.4 is 14.8 Å². The summed E-state index contributed by atoms with van der Waals surface area (Å²) in [5, 5.41) is 2.99. The van der Waals surface area contributed by atoms with E-state index in [0.717, 1.165) is 37.0 Å². The first-order valence-corrected chi connectivity index (χ1v) is 10.6. The highest BCUT2D eigenvalue weighted by atomic mass is 16.5. The van der Waals surface area contributed by atoms with E-state index in [4.69, 9.17) is 9.47 Å². The van der Waals surface area contributed by atoms with Crippen molar-refractivity contribution in [3.63, 3.8) is 0 Å². The lowest BCUT2D eigenvalue weighted by Gasteiger charge is -2.33. The van der Waals surface area contributed by atoms with E-state index in [-0.39, 0.29) is 17.7 Å². The zero-order valence-corrected chi connectivity index (χ0v) is 17.4. The molecule has 1 aliphatic heterocycles. The van der Waals surface area contributed by atoms with Gasteiger partial charge in [-0.3, -0.25) is 9.59 Å². The Morgan fingerprint density at radius 1 is 1.13 bits per heavy atom. The fraction of sp³-hybridized carbons (Fsp3) is 0.375. The van der Waals surface area contributed by atoms with Gasteiger partial charge in [-0.2, -0.15) is 0 Å². The van der Waals surface area contributed by atoms with Crippen molar-refractivity contribution >= 4 is 17.5 Å². The van der Waals surface area contributed by atoms with Crippen LogP contribution in [0, 0.1) is 5.92 Å². The third kappa shape index (κ3) is 3.95. The van der Waals surface area contributed by atoms with Gasteiger partial charge < -0.3 is 14.8 Å². The third-order valence-corrected chi connectivity index (χ3v) is 5.54. The molecule has 1 atom stereocenters. The number of benzene rings is 1. The molecule has 1 unspecified atom stereocenters. The molecular formula is C24H26N2O4. The van der Waals surface area contributed by atoms with Gasteiger partial charge in [0.25, 0.3) is 11.8 Å². The molecule has 4 rings (SSSR count). The fourth-order valence-corrected chi connectivity index (χ4v) is 4.19. The average molecular weight is 406 g/mol. The van der Waals surface area contributed by atoms with Crippen LogP contribution in [0.5, 0.6) is 11.5 Å². The minimum atomic E-state index is -0.367. The lowest BCUT2D eigenvalue weighted by atomic mass is 9.77. The Balaban J connectivity index is 1.58. The maximum Gasteiger partial charge on any atom is 0.277 e. The summed E-state index contributed by atoms with van der Waals surface area (Å²) in [5.41, 5.74) is 3.90. The minimum absolute atomic E-state index is 0.0129. The molecule has 1 N–H and O–H groups in total. The fourth-order valence-electron chi connectivity index (χ4n) is 4.19. The Bertz CT molecular complexity index is 1000. The van der Waals surface area contributed by atoms with Gasteiger partial charge in [-0.05, 0) is 75.5 Å². The van der Waals surface area contributed by atoms with Crippen molar-refractivity contribution < 1.29 is 19.1 Å². The molecule has 0 spiro atoms. The number of carbonyl (C=O) groups excluding carboxylic acids is 2. The highest BCUT2D eigenvalue weighted by molar-refractivity contribution is 6.14. The van der Waals surface area contributed by atoms with Crippen molar-refractivity contribution in [3.05, 3.63) is 58.8 Å². The summed E-state index contributed by atoms with van der Waals surface area (Å²) in [4.78, 5) is 29.5. The van der Waals surface area contributed by atoms with Crippen LogP contribution in [0.4, 0.5) is 0 Å². The number of amides is 2. The van der Waals surface area contributed by atoms with Crippen LogP contribution in [0.25, 0.3) is 0 Å². The molecule has 2 amide bonds. The molecule has 0 bridgehead atoms. The lowest BCUT2D eigenvalue weighted by molar-refractivity contribution is -0.117. The topological polar surface area (TPSA) is 77.0 Å². The van der Waals surface area contributed by atoms with Crippen LogP contribution >= 0.6 is 0 Å². The highest BCUT2D eigenvalue weighted by Gasteiger charge is 2.33. The first kappa shape index (κ1) is 20.1. The maximum absolute atomic E-state index is 12.7. The molecule has 30 heavy (non-hydrogen) atoms. The summed E-state index contributed by atoms with van der Waals surface area (Å²) in [7, 11) is 0. The summed E-state index contributed by atoms with van der Waals surface area (Å²) in [6, 6.07) is 5.07. The molecule has 0 saturated heterocycles. The number of hydrogen-bond donors (Lipinski definition) is 1. The number of nitrogens with one attached hydrogen (secondary N) is 1. The third-order valence-electron chi connectivity index (χ3n) is 5.54. The standard InChI is InChI=1S/C24H26N2O4/c1-3-29-21-12-9-15(13-22(21)30-4-2)23(27)25-16-10-11-18-17-7-5-6-8-19(17)24(28)26-20(18)14-16/h9-14,18H,3-8H2,1-2H3,(H,26,28). The predicted molar refractivity (Wildman–Crippen MR) is 115 cm³/mol. The van der Waals surface area contributed by atoms with Gasteiger partial charge in [-0.25, -0.2) is 4.99 Å². The molecule has 1 heterocycles. The van der Waals surface area contributed by atoms with E-state index in [1.54, 1.807) is 24.3 Å². The van der Waals surface area contributed by atoms with Gasteiger partial charge in [0.1, 0.15) is 0 Å². The molecule has 6 nitrogen and oxygen atoms in total. The quantitative estimate of drug-likeness (QED) is 0.797. The predicted octanol–water partition coefficient (Wildman–Crippen LogP) is 4.14. The first-order chi connectivity index (χ1) is 14.6. The molecule has 0 aromatic heterocycles. The first-order valence-electron chi connectivity index (χ1n) is 10.6. The van der Waals surface area contributed by atoms with Crippen molar-refractivity contribution in [2.45, 2.75) is 39.5 Å². The van der Waals surface area contributed by atoms with Gasteiger partial charge in [0.2, 0.25) is 0 Å². The van der Waals surface area contributed by atoms with Crippen LogP contribution in [-0.4, -0.2) is 30.7 Å². The van der Waals surface area contributed by atoms with Crippen molar-refractivity contribution in [1.29, 1.82) is 0 Å². The van der Waals surface area contributed by atoms with E-state index in [2.05, 4.69) is 10.3 Å². The monoisotopic (exact) mass is 406 g/mol. The van der Waals surface area contributed by atoms with E-state index in [1.807, 2.05) is 26.0 Å². The van der Waals surface area contributed by atoms with E-state index in [9.17, 15) is 9.59 Å². The van der Waals surface area contributed by atoms with Crippen LogP contribution in [0.3, 0.4) is 0 Å². The zero-order valence-electron chi connectivity index (χ0n) is 17.4. The van der Waals surface area contributed by atoms with E-state index in [0.29, 0.717) is 36.0 Å². The van der Waals surface area contributed by atoms with Gasteiger partial charge in [0.05, 0.1) is 18.9 Å². The zero-order chi connectivity index (χ0) is 21.1. The molecular weight excluding hydrogens is 380 g/mol. The van der Waals surface area contributed by atoms with Gasteiger partial charge >= 0.3 is 0 Å². The smallest absolute Gasteiger partial charge is 0.277 e. The minimum Gasteiger partial charge on any atom is -0.490 e. The average Bonchev–Trinajstić information content (AvgIpc) is 2.75. The maximum atomic E-state index is 12.7. The van der Waals surface area contributed by atoms with Crippen LogP contribution in [0.2, 0.25) is 0 Å². The van der Waals surface area contributed by atoms with Crippen molar-refractivity contribution in [3.8, 4) is 11.5 Å². The number of hydrogen-bond acceptors (Lipinski definition) is 4. The molecule has 0 fully saturated rings. The summed E-state index contributed by atoms with van der Waals surface area (Å²) >= 11 is 0. The van der Waals surface area contributed by atoms with Gasteiger partial charge in [0.15, 0.2) is 11.5 Å². The van der Waals surface area contributed by atoms with Crippen molar-refractivity contribution in [2.24, 2.45) is 10.9 Å². The Labute approximate surface area is 176 Å². The molecule has 0 saturated carbocycles. The largest absolute Gasteiger partial charge is 0.490 e. The van der Waals surface area contributed by atoms with Crippen LogP contribution in [0.15, 0.2) is 58.3 Å². The molecule has 1 aromatic rings. The summed E-state index contributed by atoms with van der Waals surface area (Å²) in [6.45, 7) is 4.76. The Hall–Kier alpha value is -3.15. The molecule has 3 aliphatic rings. The number of allylic oxidation sites excluding steroid dienone is 3. The Morgan fingerprint density at radius 3 is 2.70 bits per heavy atom. The number of fused-ring (bicyclic) bond motifs is 2. The summed E-state index contributed by atoms with van der Waals surface area (Å²) in [6.07, 6.45) is 9.67. The second-order valence-corrected chi connectivity index (χ2v) is 7.47. The highest BCUT2D eigenvalue weighted by Crippen LogP contribution is 2.38. The molecule has 2 aliphatic carbocycles. The molecule has 1 aromatic carbocycles. The number of ether oxygens (including phenoxy) is 2. The second-order valence-electron chi connectivity index (χ2n) is 7.47. The van der Waals surface area contributed by atoms with Gasteiger partial charge in [0, 0.05) is 22.8 Å². The Morgan fingerprint density at radius 2 is 1.90 bits per heavy atom. The molecule has 6 heteroatoms. The van der Waals surface area contributed by atoms with E-state index >= 15 is 0 Å². The van der Waals surface area contributed by atoms with Gasteiger partial charge in [-0.15, -0.1) is 0 Å². The summed E-state index contributed by atoms with van der Waals surface area (Å²) < 4.78 is 11.1. The van der Waals surface area contributed by atoms with Crippen LogP contribution in [-0.2, 0) is 4.79 Å². The molecule has 156 valence electrons. The Kier molecular flexibility index (Phi) is 5.84. The van der Waals surface area contributed by atoms with Crippen molar-refractivity contribution in [2.75, 3.05) is 13.2 Å². The second kappa shape index (κ2) is 8.69. The van der Waals surface area contributed by atoms with Crippen LogP contribution in [0.1, 0.15) is 49.9 Å². The van der Waals surface area contributed by atoms with Crippen molar-refractivity contribution in [1.82, 2.24) is 5.32 Å². The lowest BCUT2D eigenvalue weighted by Crippen LogP contribution is -2.37. The number of carbonyl (C=O) groups is 2. The van der Waals surface area contributed by atoms with E-state index < -0.39 is 0 Å². The van der Waals surface area contributed by atoms with E-state index in [1.165, 1.54) is 5.57 Å². The summed E-state index contributed by atoms with van der Waals surface area (Å²) in [5.74, 6) is 0.837. The van der Waals surface area contributed by atoms with Gasteiger partial charge in [-0.1, -0.05) is 6.08 Å². The normalized spacial score (nSPS) is 21.5. The number of rotatable bonds is 5.